The van der Waals surface area contributed by atoms with E-state index < -0.39 is 10.8 Å². The highest BCUT2D eigenvalue weighted by atomic mass is 32.2. The summed E-state index contributed by atoms with van der Waals surface area (Å²) in [5, 5.41) is 0.481. The van der Waals surface area contributed by atoms with Crippen LogP contribution in [0.15, 0.2) is 24.3 Å². The number of hydrogen-bond acceptors (Lipinski definition) is 3. The number of benzene rings is 1. The first-order chi connectivity index (χ1) is 10.5. The second-order valence-corrected chi connectivity index (χ2v) is 8.72. The molecule has 4 heteroatoms. The Kier molecular flexibility index (Phi) is 4.67. The minimum Gasteiger partial charge on any atom is -0.491 e. The SMILES string of the molecule is CC(C)Oc1ccc(C(=O)C2CC3CCCC(C2)S3=O)cc1. The minimum atomic E-state index is -0.712. The summed E-state index contributed by atoms with van der Waals surface area (Å²) in [7, 11) is -0.712. The molecule has 120 valence electrons. The lowest BCUT2D eigenvalue weighted by Crippen LogP contribution is -2.41. The highest BCUT2D eigenvalue weighted by Crippen LogP contribution is 2.38. The van der Waals surface area contributed by atoms with Crippen LogP contribution in [0.5, 0.6) is 5.75 Å². The predicted octanol–water partition coefficient (Wildman–Crippen LogP) is 3.74. The van der Waals surface area contributed by atoms with Gasteiger partial charge in [-0.05, 0) is 63.8 Å². The van der Waals surface area contributed by atoms with Gasteiger partial charge in [0.1, 0.15) is 5.75 Å². The summed E-state index contributed by atoms with van der Waals surface area (Å²) in [6, 6.07) is 7.47. The third-order valence-electron chi connectivity index (χ3n) is 4.69. The summed E-state index contributed by atoms with van der Waals surface area (Å²) in [5.74, 6) is 1.06. The van der Waals surface area contributed by atoms with E-state index in [9.17, 15) is 9.00 Å². The van der Waals surface area contributed by atoms with Gasteiger partial charge in [-0.1, -0.05) is 6.42 Å². The van der Waals surface area contributed by atoms with Crippen molar-refractivity contribution in [1.82, 2.24) is 0 Å². The highest BCUT2D eigenvalue weighted by molar-refractivity contribution is 7.86. The molecule has 0 N–H and O–H groups in total. The van der Waals surface area contributed by atoms with Gasteiger partial charge in [-0.2, -0.15) is 0 Å². The Bertz CT molecular complexity index is 548. The van der Waals surface area contributed by atoms with Gasteiger partial charge in [0.2, 0.25) is 0 Å². The number of hydrogen-bond donors (Lipinski definition) is 0. The van der Waals surface area contributed by atoms with Gasteiger partial charge in [0.15, 0.2) is 5.78 Å². The molecule has 0 spiro atoms. The summed E-state index contributed by atoms with van der Waals surface area (Å²) in [6.45, 7) is 3.97. The summed E-state index contributed by atoms with van der Waals surface area (Å²) in [4.78, 5) is 12.7. The van der Waals surface area contributed by atoms with Crippen LogP contribution in [0.1, 0.15) is 56.3 Å². The molecule has 1 aromatic rings. The van der Waals surface area contributed by atoms with E-state index in [0.29, 0.717) is 0 Å². The maximum atomic E-state index is 12.7. The molecule has 2 bridgehead atoms. The molecule has 2 saturated heterocycles. The third kappa shape index (κ3) is 3.27. The zero-order chi connectivity index (χ0) is 15.7. The molecular weight excluding hydrogens is 296 g/mol. The van der Waals surface area contributed by atoms with E-state index in [0.717, 1.165) is 37.0 Å². The average molecular weight is 320 g/mol. The second-order valence-electron chi connectivity index (χ2n) is 6.73. The van der Waals surface area contributed by atoms with Crippen LogP contribution in [0.25, 0.3) is 0 Å². The molecule has 0 aliphatic carbocycles. The number of carbonyl (C=O) groups is 1. The summed E-state index contributed by atoms with van der Waals surface area (Å²) in [5.41, 5.74) is 0.756. The number of fused-ring (bicyclic) bond motifs is 2. The van der Waals surface area contributed by atoms with E-state index in [1.807, 2.05) is 38.1 Å². The van der Waals surface area contributed by atoms with Crippen molar-refractivity contribution in [3.63, 3.8) is 0 Å². The Morgan fingerprint density at radius 1 is 1.14 bits per heavy atom. The fraction of sp³-hybridized carbons (Fsp3) is 0.611. The second kappa shape index (κ2) is 6.53. The fourth-order valence-corrected chi connectivity index (χ4v) is 5.84. The molecule has 3 rings (SSSR count). The van der Waals surface area contributed by atoms with E-state index in [1.54, 1.807) is 0 Å². The van der Waals surface area contributed by atoms with Gasteiger partial charge in [-0.25, -0.2) is 0 Å². The Morgan fingerprint density at radius 2 is 1.73 bits per heavy atom. The van der Waals surface area contributed by atoms with Crippen molar-refractivity contribution in [2.45, 2.75) is 62.6 Å². The van der Waals surface area contributed by atoms with E-state index in [-0.39, 0.29) is 28.3 Å². The quantitative estimate of drug-likeness (QED) is 0.794. The largest absolute Gasteiger partial charge is 0.491 e. The van der Waals surface area contributed by atoms with Gasteiger partial charge >= 0.3 is 0 Å². The average Bonchev–Trinajstić information content (AvgIpc) is 2.46. The molecule has 2 aliphatic heterocycles. The van der Waals surface area contributed by atoms with Gasteiger partial charge in [0.05, 0.1) is 6.10 Å². The van der Waals surface area contributed by atoms with Crippen LogP contribution in [-0.2, 0) is 10.8 Å². The maximum absolute atomic E-state index is 12.7. The van der Waals surface area contributed by atoms with Crippen LogP contribution in [0.3, 0.4) is 0 Å². The Labute approximate surface area is 134 Å². The minimum absolute atomic E-state index is 0.0462. The van der Waals surface area contributed by atoms with E-state index in [4.69, 9.17) is 4.74 Å². The van der Waals surface area contributed by atoms with Crippen molar-refractivity contribution >= 4 is 16.6 Å². The Hall–Kier alpha value is -1.16. The van der Waals surface area contributed by atoms with Crippen molar-refractivity contribution in [3.8, 4) is 5.75 Å². The molecular formula is C18H24O3S. The van der Waals surface area contributed by atoms with Gasteiger partial charge in [-0.15, -0.1) is 0 Å². The smallest absolute Gasteiger partial charge is 0.166 e. The van der Waals surface area contributed by atoms with Crippen LogP contribution in [-0.4, -0.2) is 26.6 Å². The molecule has 0 amide bonds. The van der Waals surface area contributed by atoms with Crippen LogP contribution < -0.4 is 4.74 Å². The molecule has 2 aliphatic rings. The normalized spacial score (nSPS) is 31.0. The lowest BCUT2D eigenvalue weighted by Gasteiger charge is -2.37. The molecule has 22 heavy (non-hydrogen) atoms. The van der Waals surface area contributed by atoms with Gasteiger partial charge < -0.3 is 4.74 Å². The lowest BCUT2D eigenvalue weighted by molar-refractivity contribution is 0.0895. The molecule has 0 radical (unpaired) electrons. The third-order valence-corrected chi connectivity index (χ3v) is 6.86. The number of Topliss-reactive ketones (excluding diaryl/α,β-unsaturated/α-hetero) is 1. The van der Waals surface area contributed by atoms with Crippen LogP contribution in [0.4, 0.5) is 0 Å². The molecule has 2 heterocycles. The molecule has 3 nitrogen and oxygen atoms in total. The van der Waals surface area contributed by atoms with E-state index in [2.05, 4.69) is 0 Å². The van der Waals surface area contributed by atoms with Crippen LogP contribution in [0, 0.1) is 5.92 Å². The molecule has 0 saturated carbocycles. The van der Waals surface area contributed by atoms with Crippen molar-refractivity contribution < 1.29 is 13.7 Å². The summed E-state index contributed by atoms with van der Waals surface area (Å²) in [6.07, 6.45) is 4.94. The van der Waals surface area contributed by atoms with Crippen LogP contribution in [0.2, 0.25) is 0 Å². The van der Waals surface area contributed by atoms with E-state index >= 15 is 0 Å². The first-order valence-corrected chi connectivity index (χ1v) is 9.52. The summed E-state index contributed by atoms with van der Waals surface area (Å²) < 4.78 is 17.9. The van der Waals surface area contributed by atoms with Crippen molar-refractivity contribution in [2.24, 2.45) is 5.92 Å². The zero-order valence-corrected chi connectivity index (χ0v) is 14.1. The standard InChI is InChI=1S/C18H24O3S/c1-12(2)21-15-8-6-13(7-9-15)18(19)14-10-16-4-3-5-17(11-14)22(16)20/h6-9,12,14,16-17H,3-5,10-11H2,1-2H3. The highest BCUT2D eigenvalue weighted by Gasteiger charge is 2.40. The van der Waals surface area contributed by atoms with Gasteiger partial charge in [0, 0.05) is 32.8 Å². The van der Waals surface area contributed by atoms with E-state index in [1.165, 1.54) is 6.42 Å². The first-order valence-electron chi connectivity index (χ1n) is 8.25. The summed E-state index contributed by atoms with van der Waals surface area (Å²) >= 11 is 0. The molecule has 1 aromatic carbocycles. The monoisotopic (exact) mass is 320 g/mol. The van der Waals surface area contributed by atoms with Gasteiger partial charge in [0.25, 0.3) is 0 Å². The first kappa shape index (κ1) is 15.7. The molecule has 0 aromatic heterocycles. The molecule has 2 unspecified atom stereocenters. The number of ether oxygens (including phenoxy) is 1. The topological polar surface area (TPSA) is 43.4 Å². The Morgan fingerprint density at radius 3 is 2.27 bits per heavy atom. The fourth-order valence-electron chi connectivity index (χ4n) is 3.65. The lowest BCUT2D eigenvalue weighted by atomic mass is 9.84. The molecule has 2 fully saturated rings. The van der Waals surface area contributed by atoms with Crippen molar-refractivity contribution in [2.75, 3.05) is 0 Å². The Balaban J connectivity index is 1.70. The predicted molar refractivity (Wildman–Crippen MR) is 88.8 cm³/mol. The van der Waals surface area contributed by atoms with Crippen LogP contribution >= 0.6 is 0 Å². The van der Waals surface area contributed by atoms with Gasteiger partial charge in [-0.3, -0.25) is 9.00 Å². The van der Waals surface area contributed by atoms with Crippen molar-refractivity contribution in [3.05, 3.63) is 29.8 Å². The number of rotatable bonds is 4. The number of carbonyl (C=O) groups excluding carboxylic acids is 1. The zero-order valence-electron chi connectivity index (χ0n) is 13.3. The van der Waals surface area contributed by atoms with Crippen molar-refractivity contribution in [1.29, 1.82) is 0 Å². The molecule has 2 atom stereocenters. The maximum Gasteiger partial charge on any atom is 0.166 e. The number of ketones is 1.